The molecule has 0 bridgehead atoms. The summed E-state index contributed by atoms with van der Waals surface area (Å²) in [5.74, 6) is 0.114. The Kier molecular flexibility index (Phi) is 3.11. The van der Waals surface area contributed by atoms with Gasteiger partial charge in [0.15, 0.2) is 9.84 Å². The van der Waals surface area contributed by atoms with Gasteiger partial charge in [-0.15, -0.1) is 0 Å². The smallest absolute Gasteiger partial charge is 0.181 e. The Balaban J connectivity index is 1.94. The zero-order valence-electron chi connectivity index (χ0n) is 10.0. The lowest BCUT2D eigenvalue weighted by Crippen LogP contribution is -2.12. The number of benzene rings is 2. The van der Waals surface area contributed by atoms with Gasteiger partial charge in [-0.2, -0.15) is 0 Å². The van der Waals surface area contributed by atoms with E-state index in [-0.39, 0.29) is 11.8 Å². The van der Waals surface area contributed by atoms with Crippen molar-refractivity contribution in [3.63, 3.8) is 0 Å². The van der Waals surface area contributed by atoms with E-state index in [0.717, 1.165) is 15.7 Å². The highest BCUT2D eigenvalue weighted by molar-refractivity contribution is 9.10. The Morgan fingerprint density at radius 1 is 1.05 bits per heavy atom. The molecule has 0 fully saturated rings. The molecule has 5 heteroatoms. The topological polar surface area (TPSA) is 46.2 Å². The molecule has 2 aromatic rings. The van der Waals surface area contributed by atoms with Gasteiger partial charge in [0.1, 0.15) is 0 Å². The highest BCUT2D eigenvalue weighted by Gasteiger charge is 2.34. The highest BCUT2D eigenvalue weighted by atomic mass is 79.9. The molecule has 2 aromatic carbocycles. The number of nitrogens with one attached hydrogen (secondary N) is 1. The van der Waals surface area contributed by atoms with E-state index in [2.05, 4.69) is 21.2 Å². The molecule has 1 aliphatic rings. The second-order valence-corrected chi connectivity index (χ2v) is 7.44. The summed E-state index contributed by atoms with van der Waals surface area (Å²) in [7, 11) is -3.15. The molecule has 98 valence electrons. The van der Waals surface area contributed by atoms with Crippen LogP contribution in [0.1, 0.15) is 11.6 Å². The molecular formula is C14H12BrNO2S. The van der Waals surface area contributed by atoms with E-state index < -0.39 is 9.84 Å². The van der Waals surface area contributed by atoms with Gasteiger partial charge in [-0.05, 0) is 35.9 Å². The zero-order valence-corrected chi connectivity index (χ0v) is 12.4. The summed E-state index contributed by atoms with van der Waals surface area (Å²) < 4.78 is 25.1. The molecule has 1 unspecified atom stereocenters. The SMILES string of the molecule is O=S1(=O)CC(Nc2ccc(Br)cc2)c2ccccc21. The van der Waals surface area contributed by atoms with Gasteiger partial charge in [0.05, 0.1) is 16.7 Å². The number of fused-ring (bicyclic) bond motifs is 1. The van der Waals surface area contributed by atoms with Crippen LogP contribution < -0.4 is 5.32 Å². The monoisotopic (exact) mass is 337 g/mol. The molecule has 3 nitrogen and oxygen atoms in total. The third-order valence-corrected chi connectivity index (χ3v) is 5.54. The summed E-state index contributed by atoms with van der Waals surface area (Å²) in [6.45, 7) is 0. The fourth-order valence-corrected chi connectivity index (χ4v) is 4.32. The van der Waals surface area contributed by atoms with Crippen LogP contribution in [-0.2, 0) is 9.84 Å². The third kappa shape index (κ3) is 2.40. The highest BCUT2D eigenvalue weighted by Crippen LogP contribution is 2.35. The fraction of sp³-hybridized carbons (Fsp3) is 0.143. The van der Waals surface area contributed by atoms with E-state index in [1.807, 2.05) is 36.4 Å². The molecule has 1 heterocycles. The van der Waals surface area contributed by atoms with Crippen LogP contribution in [0, 0.1) is 0 Å². The van der Waals surface area contributed by atoms with Crippen molar-refractivity contribution in [1.82, 2.24) is 0 Å². The normalized spacial score (nSPS) is 19.9. The molecule has 0 aliphatic carbocycles. The van der Waals surface area contributed by atoms with Crippen LogP contribution >= 0.6 is 15.9 Å². The molecule has 1 atom stereocenters. The third-order valence-electron chi connectivity index (χ3n) is 3.20. The van der Waals surface area contributed by atoms with Crippen LogP contribution in [0.3, 0.4) is 0 Å². The number of hydrogen-bond acceptors (Lipinski definition) is 3. The first-order valence-electron chi connectivity index (χ1n) is 5.90. The Morgan fingerprint density at radius 2 is 1.74 bits per heavy atom. The molecule has 1 N–H and O–H groups in total. The fourth-order valence-electron chi connectivity index (χ4n) is 2.32. The van der Waals surface area contributed by atoms with Crippen molar-refractivity contribution < 1.29 is 8.42 Å². The summed E-state index contributed by atoms with van der Waals surface area (Å²) in [4.78, 5) is 0.449. The van der Waals surface area contributed by atoms with Crippen molar-refractivity contribution in [2.75, 3.05) is 11.1 Å². The first-order chi connectivity index (χ1) is 9.06. The van der Waals surface area contributed by atoms with E-state index in [0.29, 0.717) is 4.90 Å². The van der Waals surface area contributed by atoms with Gasteiger partial charge in [-0.25, -0.2) is 8.42 Å². The van der Waals surface area contributed by atoms with E-state index in [9.17, 15) is 8.42 Å². The number of rotatable bonds is 2. The molecule has 0 saturated heterocycles. The predicted molar refractivity (Wildman–Crippen MR) is 79.0 cm³/mol. The Bertz CT molecular complexity index is 710. The van der Waals surface area contributed by atoms with Gasteiger partial charge >= 0.3 is 0 Å². The second-order valence-electron chi connectivity index (χ2n) is 4.52. The minimum Gasteiger partial charge on any atom is -0.377 e. The maximum atomic E-state index is 12.1. The first-order valence-corrected chi connectivity index (χ1v) is 8.34. The summed E-state index contributed by atoms with van der Waals surface area (Å²) >= 11 is 3.38. The van der Waals surface area contributed by atoms with Crippen LogP contribution in [0.15, 0.2) is 57.9 Å². The van der Waals surface area contributed by atoms with Gasteiger partial charge in [-0.3, -0.25) is 0 Å². The van der Waals surface area contributed by atoms with Crippen LogP contribution in [0.25, 0.3) is 0 Å². The van der Waals surface area contributed by atoms with E-state index in [4.69, 9.17) is 0 Å². The van der Waals surface area contributed by atoms with Gasteiger partial charge in [0, 0.05) is 10.2 Å². The van der Waals surface area contributed by atoms with Crippen molar-refractivity contribution in [2.24, 2.45) is 0 Å². The van der Waals surface area contributed by atoms with E-state index in [1.165, 1.54) is 0 Å². The summed E-state index contributed by atoms with van der Waals surface area (Å²) in [5, 5.41) is 3.28. The van der Waals surface area contributed by atoms with Crippen molar-refractivity contribution >= 4 is 31.5 Å². The van der Waals surface area contributed by atoms with Gasteiger partial charge in [0.2, 0.25) is 0 Å². The largest absolute Gasteiger partial charge is 0.377 e. The number of anilines is 1. The summed E-state index contributed by atoms with van der Waals surface area (Å²) in [5.41, 5.74) is 1.77. The van der Waals surface area contributed by atoms with Crippen molar-refractivity contribution in [3.8, 4) is 0 Å². The second kappa shape index (κ2) is 4.65. The van der Waals surface area contributed by atoms with Gasteiger partial charge < -0.3 is 5.32 Å². The summed E-state index contributed by atoms with van der Waals surface area (Å²) in [6.07, 6.45) is 0. The number of sulfone groups is 1. The standard InChI is InChI=1S/C14H12BrNO2S/c15-10-5-7-11(8-6-10)16-13-9-19(17,18)14-4-2-1-3-12(13)14/h1-8,13,16H,9H2. The predicted octanol–water partition coefficient (Wildman–Crippen LogP) is 3.39. The van der Waals surface area contributed by atoms with Crippen molar-refractivity contribution in [1.29, 1.82) is 0 Å². The minimum atomic E-state index is -3.15. The van der Waals surface area contributed by atoms with Gasteiger partial charge in [0.25, 0.3) is 0 Å². The van der Waals surface area contributed by atoms with Crippen LogP contribution in [0.2, 0.25) is 0 Å². The van der Waals surface area contributed by atoms with Gasteiger partial charge in [-0.1, -0.05) is 34.1 Å². The van der Waals surface area contributed by atoms with E-state index >= 15 is 0 Å². The average Bonchev–Trinajstić information content (AvgIpc) is 2.65. The van der Waals surface area contributed by atoms with E-state index in [1.54, 1.807) is 12.1 Å². The molecule has 19 heavy (non-hydrogen) atoms. The lowest BCUT2D eigenvalue weighted by atomic mass is 10.1. The van der Waals surface area contributed by atoms with Crippen LogP contribution in [-0.4, -0.2) is 14.2 Å². The maximum Gasteiger partial charge on any atom is 0.181 e. The molecule has 0 amide bonds. The zero-order chi connectivity index (χ0) is 13.5. The average molecular weight is 338 g/mol. The lowest BCUT2D eigenvalue weighted by molar-refractivity contribution is 0.598. The Labute approximate surface area is 120 Å². The lowest BCUT2D eigenvalue weighted by Gasteiger charge is -2.14. The summed E-state index contributed by atoms with van der Waals surface area (Å²) in [6, 6.07) is 14.7. The maximum absolute atomic E-state index is 12.1. The van der Waals surface area contributed by atoms with Crippen LogP contribution in [0.5, 0.6) is 0 Å². The Morgan fingerprint density at radius 3 is 2.47 bits per heavy atom. The van der Waals surface area contributed by atoms with Crippen LogP contribution in [0.4, 0.5) is 5.69 Å². The first kappa shape index (κ1) is 12.7. The number of hydrogen-bond donors (Lipinski definition) is 1. The molecule has 0 spiro atoms. The number of halogens is 1. The minimum absolute atomic E-state index is 0.114. The molecule has 3 rings (SSSR count). The molecule has 0 saturated carbocycles. The molecule has 0 aromatic heterocycles. The molecule has 1 aliphatic heterocycles. The molecular weight excluding hydrogens is 326 g/mol. The van der Waals surface area contributed by atoms with Crippen molar-refractivity contribution in [3.05, 3.63) is 58.6 Å². The molecule has 0 radical (unpaired) electrons. The Hall–Kier alpha value is -1.33. The quantitative estimate of drug-likeness (QED) is 0.913. The van der Waals surface area contributed by atoms with Crippen molar-refractivity contribution in [2.45, 2.75) is 10.9 Å².